The zero-order valence-corrected chi connectivity index (χ0v) is 12.9. The number of nitrogens with one attached hydrogen (secondary N) is 3. The third-order valence-electron chi connectivity index (χ3n) is 3.96. The van der Waals surface area contributed by atoms with E-state index in [1.807, 2.05) is 61.5 Å². The first-order chi connectivity index (χ1) is 11.1. The molecule has 0 saturated heterocycles. The molecule has 5 heteroatoms. The molecule has 1 aliphatic rings. The molecular weight excluding hydrogens is 290 g/mol. The first-order valence-corrected chi connectivity index (χ1v) is 7.62. The van der Waals surface area contributed by atoms with Gasteiger partial charge in [0.1, 0.15) is 0 Å². The molecule has 118 valence electrons. The van der Waals surface area contributed by atoms with E-state index in [1.54, 1.807) is 0 Å². The van der Waals surface area contributed by atoms with Crippen LogP contribution in [0.2, 0.25) is 0 Å². The van der Waals surface area contributed by atoms with Crippen LogP contribution in [-0.2, 0) is 4.79 Å². The minimum absolute atomic E-state index is 0.0722. The zero-order valence-electron chi connectivity index (χ0n) is 12.9. The molecule has 3 rings (SSSR count). The summed E-state index contributed by atoms with van der Waals surface area (Å²) in [4.78, 5) is 23.8. The number of rotatable bonds is 3. The summed E-state index contributed by atoms with van der Waals surface area (Å²) in [6, 6.07) is 16.9. The lowest BCUT2D eigenvalue weighted by atomic mass is 10.1. The van der Waals surface area contributed by atoms with Crippen LogP contribution in [0.5, 0.6) is 0 Å². The normalized spacial score (nSPS) is 18.8. The zero-order chi connectivity index (χ0) is 16.2. The van der Waals surface area contributed by atoms with Gasteiger partial charge in [-0.1, -0.05) is 48.0 Å². The van der Waals surface area contributed by atoms with E-state index in [1.165, 1.54) is 0 Å². The van der Waals surface area contributed by atoms with Crippen LogP contribution in [0.15, 0.2) is 54.6 Å². The van der Waals surface area contributed by atoms with Gasteiger partial charge < -0.3 is 5.32 Å². The van der Waals surface area contributed by atoms with Gasteiger partial charge in [0.25, 0.3) is 0 Å². The largest absolute Gasteiger partial charge is 0.337 e. The van der Waals surface area contributed by atoms with Crippen LogP contribution >= 0.6 is 0 Å². The number of hydrogen-bond acceptors (Lipinski definition) is 2. The number of carbonyl (C=O) groups is 2. The van der Waals surface area contributed by atoms with E-state index < -0.39 is 6.03 Å². The summed E-state index contributed by atoms with van der Waals surface area (Å²) in [5.41, 5.74) is 7.82. The van der Waals surface area contributed by atoms with Gasteiger partial charge >= 0.3 is 6.03 Å². The molecule has 3 amide bonds. The maximum Gasteiger partial charge on any atom is 0.337 e. The predicted molar refractivity (Wildman–Crippen MR) is 88.8 cm³/mol. The summed E-state index contributed by atoms with van der Waals surface area (Å²) >= 11 is 0. The predicted octanol–water partition coefficient (Wildman–Crippen LogP) is 2.95. The molecule has 1 fully saturated rings. The van der Waals surface area contributed by atoms with Gasteiger partial charge in [0.15, 0.2) is 0 Å². The fraction of sp³-hybridized carbons (Fsp3) is 0.222. The average molecular weight is 309 g/mol. The van der Waals surface area contributed by atoms with Crippen LogP contribution in [0.3, 0.4) is 0 Å². The minimum Gasteiger partial charge on any atom is -0.307 e. The fourth-order valence-electron chi connectivity index (χ4n) is 2.56. The summed E-state index contributed by atoms with van der Waals surface area (Å²) in [5.74, 6) is 0.0214. The summed E-state index contributed by atoms with van der Waals surface area (Å²) < 4.78 is 0. The van der Waals surface area contributed by atoms with Gasteiger partial charge in [0.2, 0.25) is 5.91 Å². The monoisotopic (exact) mass is 309 g/mol. The van der Waals surface area contributed by atoms with Gasteiger partial charge in [0.05, 0.1) is 0 Å². The van der Waals surface area contributed by atoms with Gasteiger partial charge in [-0.15, -0.1) is 0 Å². The molecule has 0 heterocycles. The van der Waals surface area contributed by atoms with Gasteiger partial charge in [-0.2, -0.15) is 0 Å². The van der Waals surface area contributed by atoms with Crippen LogP contribution in [0.4, 0.5) is 10.5 Å². The number of anilines is 1. The fourth-order valence-corrected chi connectivity index (χ4v) is 2.56. The standard InChI is InChI=1S/C18H19N3O2/c1-12-7-9-14(10-8-12)19-18(23)21-20-17(22)16-11-15(16)13-5-3-2-4-6-13/h2-10,15-16H,11H2,1H3,(H,20,22)(H2,19,21,23)/t15-,16+/m0/s1. The Morgan fingerprint density at radius 2 is 1.65 bits per heavy atom. The van der Waals surface area contributed by atoms with Crippen LogP contribution in [0.1, 0.15) is 23.5 Å². The number of urea groups is 1. The Morgan fingerprint density at radius 1 is 0.957 bits per heavy atom. The summed E-state index contributed by atoms with van der Waals surface area (Å²) in [7, 11) is 0. The van der Waals surface area contributed by atoms with Gasteiger partial charge in [-0.05, 0) is 37.0 Å². The third-order valence-corrected chi connectivity index (χ3v) is 3.96. The van der Waals surface area contributed by atoms with Gasteiger partial charge in [-0.25, -0.2) is 10.2 Å². The maximum absolute atomic E-state index is 12.0. The molecule has 2 atom stereocenters. The molecule has 0 aromatic heterocycles. The molecule has 1 aliphatic carbocycles. The van der Waals surface area contributed by atoms with Gasteiger partial charge in [-0.3, -0.25) is 10.2 Å². The van der Waals surface area contributed by atoms with Crippen molar-refractivity contribution >= 4 is 17.6 Å². The van der Waals surface area contributed by atoms with Crippen LogP contribution in [0.25, 0.3) is 0 Å². The first kappa shape index (κ1) is 15.1. The van der Waals surface area contributed by atoms with Crippen LogP contribution in [0, 0.1) is 12.8 Å². The number of hydrazine groups is 1. The molecule has 23 heavy (non-hydrogen) atoms. The summed E-state index contributed by atoms with van der Waals surface area (Å²) in [5, 5.41) is 2.66. The van der Waals surface area contributed by atoms with Gasteiger partial charge in [0, 0.05) is 11.6 Å². The second-order valence-electron chi connectivity index (χ2n) is 5.79. The number of hydrogen-bond donors (Lipinski definition) is 3. The van der Waals surface area contributed by atoms with E-state index in [0.717, 1.165) is 17.5 Å². The Bertz CT molecular complexity index is 698. The maximum atomic E-state index is 12.0. The van der Waals surface area contributed by atoms with Crippen molar-refractivity contribution in [3.8, 4) is 0 Å². The van der Waals surface area contributed by atoms with E-state index in [0.29, 0.717) is 5.69 Å². The highest BCUT2D eigenvalue weighted by Crippen LogP contribution is 2.47. The highest BCUT2D eigenvalue weighted by Gasteiger charge is 2.43. The van der Waals surface area contributed by atoms with Crippen molar-refractivity contribution in [3.05, 3.63) is 65.7 Å². The van der Waals surface area contributed by atoms with Crippen molar-refractivity contribution < 1.29 is 9.59 Å². The molecular formula is C18H19N3O2. The van der Waals surface area contributed by atoms with Crippen molar-refractivity contribution in [2.75, 3.05) is 5.32 Å². The molecule has 3 N–H and O–H groups in total. The average Bonchev–Trinajstić information content (AvgIpc) is 3.36. The van der Waals surface area contributed by atoms with Crippen molar-refractivity contribution in [1.82, 2.24) is 10.9 Å². The smallest absolute Gasteiger partial charge is 0.307 e. The first-order valence-electron chi connectivity index (χ1n) is 7.62. The molecule has 0 spiro atoms. The highest BCUT2D eigenvalue weighted by atomic mass is 16.2. The van der Waals surface area contributed by atoms with E-state index >= 15 is 0 Å². The molecule has 0 bridgehead atoms. The molecule has 1 saturated carbocycles. The number of aryl methyl sites for hydroxylation is 1. The summed E-state index contributed by atoms with van der Waals surface area (Å²) in [6.45, 7) is 1.98. The molecule has 2 aromatic rings. The lowest BCUT2D eigenvalue weighted by Gasteiger charge is -2.09. The Kier molecular flexibility index (Phi) is 4.28. The number of carbonyl (C=O) groups excluding carboxylic acids is 2. The summed E-state index contributed by atoms with van der Waals surface area (Å²) in [6.07, 6.45) is 0.817. The molecule has 0 unspecified atom stereocenters. The Morgan fingerprint density at radius 3 is 2.35 bits per heavy atom. The van der Waals surface area contributed by atoms with E-state index in [-0.39, 0.29) is 17.7 Å². The SMILES string of the molecule is Cc1ccc(NC(=O)NNC(=O)[C@@H]2C[C@H]2c2ccccc2)cc1. The topological polar surface area (TPSA) is 70.2 Å². The second kappa shape index (κ2) is 6.52. The molecule has 2 aromatic carbocycles. The third kappa shape index (κ3) is 3.88. The molecule has 0 radical (unpaired) electrons. The second-order valence-corrected chi connectivity index (χ2v) is 5.79. The lowest BCUT2D eigenvalue weighted by molar-refractivity contribution is -0.123. The molecule has 0 aliphatic heterocycles. The van der Waals surface area contributed by atoms with E-state index in [9.17, 15) is 9.59 Å². The van der Waals surface area contributed by atoms with Crippen molar-refractivity contribution in [2.45, 2.75) is 19.3 Å². The quantitative estimate of drug-likeness (QED) is 0.763. The molecule has 5 nitrogen and oxygen atoms in total. The van der Waals surface area contributed by atoms with Crippen molar-refractivity contribution in [1.29, 1.82) is 0 Å². The Balaban J connectivity index is 1.44. The Labute approximate surface area is 135 Å². The number of benzene rings is 2. The van der Waals surface area contributed by atoms with E-state index in [2.05, 4.69) is 16.2 Å². The highest BCUT2D eigenvalue weighted by molar-refractivity contribution is 5.91. The number of amides is 3. The van der Waals surface area contributed by atoms with Crippen molar-refractivity contribution in [3.63, 3.8) is 0 Å². The Hall–Kier alpha value is -2.82. The lowest BCUT2D eigenvalue weighted by Crippen LogP contribution is -2.44. The van der Waals surface area contributed by atoms with Crippen LogP contribution < -0.4 is 16.2 Å². The van der Waals surface area contributed by atoms with E-state index in [4.69, 9.17) is 0 Å². The minimum atomic E-state index is -0.459. The van der Waals surface area contributed by atoms with Crippen LogP contribution in [-0.4, -0.2) is 11.9 Å². The van der Waals surface area contributed by atoms with Crippen molar-refractivity contribution in [2.24, 2.45) is 5.92 Å².